The van der Waals surface area contributed by atoms with Gasteiger partial charge in [0.2, 0.25) is 5.91 Å². The van der Waals surface area contributed by atoms with E-state index in [2.05, 4.69) is 27.9 Å². The number of aromatic nitrogens is 2. The van der Waals surface area contributed by atoms with Crippen LogP contribution >= 0.6 is 23.5 Å². The summed E-state index contributed by atoms with van der Waals surface area (Å²) in [6, 6.07) is 20.9. The van der Waals surface area contributed by atoms with Crippen molar-refractivity contribution >= 4 is 35.1 Å². The summed E-state index contributed by atoms with van der Waals surface area (Å²) in [6.07, 6.45) is 7.51. The van der Waals surface area contributed by atoms with E-state index in [0.29, 0.717) is 11.6 Å². The Bertz CT molecular complexity index is 1510. The smallest absolute Gasteiger partial charge is 0.231 e. The average Bonchev–Trinajstić information content (AvgIpc) is 3.64. The summed E-state index contributed by atoms with van der Waals surface area (Å²) in [5.41, 5.74) is 4.39. The summed E-state index contributed by atoms with van der Waals surface area (Å²) in [5, 5.41) is 0.715. The van der Waals surface area contributed by atoms with Crippen LogP contribution in [0.4, 0.5) is 10.1 Å². The molecule has 1 fully saturated rings. The molecule has 3 aromatic carbocycles. The van der Waals surface area contributed by atoms with Gasteiger partial charge in [-0.15, -0.1) is 0 Å². The Morgan fingerprint density at radius 1 is 1.15 bits per heavy atom. The molecule has 6 rings (SSSR count). The average molecular weight is 561 g/mol. The van der Waals surface area contributed by atoms with Gasteiger partial charge in [-0.1, -0.05) is 41.9 Å². The number of fused-ring (bicyclic) bond motifs is 1. The van der Waals surface area contributed by atoms with E-state index in [9.17, 15) is 9.18 Å². The number of rotatable bonds is 8. The minimum atomic E-state index is -0.244. The molecule has 4 aromatic rings. The van der Waals surface area contributed by atoms with Gasteiger partial charge < -0.3 is 9.47 Å². The number of hydrogen-bond donors (Lipinski definition) is 1. The van der Waals surface area contributed by atoms with Gasteiger partial charge >= 0.3 is 0 Å². The first-order chi connectivity index (χ1) is 19.0. The van der Waals surface area contributed by atoms with Gasteiger partial charge in [-0.2, -0.15) is 0 Å². The largest absolute Gasteiger partial charge is 0.337 e. The Morgan fingerprint density at radius 2 is 2.03 bits per heavy atom. The van der Waals surface area contributed by atoms with Crippen molar-refractivity contribution in [3.05, 3.63) is 112 Å². The van der Waals surface area contributed by atoms with Crippen LogP contribution in [0.1, 0.15) is 53.7 Å². The zero-order valence-electron chi connectivity index (χ0n) is 21.7. The summed E-state index contributed by atoms with van der Waals surface area (Å²) in [5.74, 6) is 0.694. The molecule has 5 nitrogen and oxygen atoms in total. The monoisotopic (exact) mass is 560 g/mol. The molecule has 2 aliphatic carbocycles. The minimum Gasteiger partial charge on any atom is -0.337 e. The number of carbonyl (C=O) groups excluding carboxylic acids is 1. The van der Waals surface area contributed by atoms with E-state index in [1.165, 1.54) is 35.2 Å². The Morgan fingerprint density at radius 3 is 2.82 bits per heavy atom. The number of aryl methyl sites for hydroxylation is 2. The number of hydrogen-bond acceptors (Lipinski definition) is 4. The molecule has 3 unspecified atom stereocenters. The normalized spacial score (nSPS) is 19.9. The molecule has 3 atom stereocenters. The van der Waals surface area contributed by atoms with E-state index in [4.69, 9.17) is 11.6 Å². The quantitative estimate of drug-likeness (QED) is 0.231. The second kappa shape index (κ2) is 11.2. The van der Waals surface area contributed by atoms with Gasteiger partial charge in [0.15, 0.2) is 0 Å². The molecule has 1 amide bonds. The van der Waals surface area contributed by atoms with Gasteiger partial charge in [0.05, 0.1) is 6.54 Å². The number of benzene rings is 3. The number of imidazole rings is 1. The van der Waals surface area contributed by atoms with Crippen LogP contribution < -0.4 is 9.62 Å². The fourth-order valence-electron chi connectivity index (χ4n) is 5.52. The summed E-state index contributed by atoms with van der Waals surface area (Å²) in [6.45, 7) is 0.392. The van der Waals surface area contributed by atoms with Crippen molar-refractivity contribution in [2.75, 3.05) is 4.90 Å². The maximum atomic E-state index is 14.0. The number of amides is 1. The van der Waals surface area contributed by atoms with E-state index in [-0.39, 0.29) is 29.6 Å². The third-order valence-corrected chi connectivity index (χ3v) is 9.01. The molecule has 1 N–H and O–H groups in total. The Labute approximate surface area is 237 Å². The maximum absolute atomic E-state index is 14.0. The van der Waals surface area contributed by atoms with E-state index in [1.54, 1.807) is 12.3 Å². The van der Waals surface area contributed by atoms with Gasteiger partial charge in [-0.25, -0.2) is 9.37 Å². The third kappa shape index (κ3) is 5.62. The lowest BCUT2D eigenvalue weighted by molar-refractivity contribution is -0.120. The minimum absolute atomic E-state index is 0.0947. The van der Waals surface area contributed by atoms with E-state index >= 15 is 0 Å². The third-order valence-electron chi connectivity index (χ3n) is 7.77. The zero-order valence-corrected chi connectivity index (χ0v) is 23.3. The predicted octanol–water partition coefficient (Wildman–Crippen LogP) is 7.22. The van der Waals surface area contributed by atoms with Crippen molar-refractivity contribution < 1.29 is 9.18 Å². The Hall–Kier alpha value is -3.13. The van der Waals surface area contributed by atoms with Crippen LogP contribution in [0.3, 0.4) is 0 Å². The van der Waals surface area contributed by atoms with Gasteiger partial charge in [0.25, 0.3) is 0 Å². The van der Waals surface area contributed by atoms with Crippen molar-refractivity contribution in [3.8, 4) is 0 Å². The standard InChI is InChI=1S/C31H30ClFN4OS/c1-36-15-14-34-30(36)19-37(31(38)27-18-26(27)24-9-2-3-10-28(24)32)22-13-12-20-6-4-11-29(25(20)17-22)35-39-23-8-5-7-21(33)16-23/h2-3,5,7-10,12-17,26-27,29,35H,4,6,11,18-19H2,1H3. The van der Waals surface area contributed by atoms with Crippen molar-refractivity contribution in [1.29, 1.82) is 0 Å². The molecule has 0 radical (unpaired) electrons. The second-order valence-corrected chi connectivity index (χ2v) is 11.7. The molecule has 200 valence electrons. The highest BCUT2D eigenvalue weighted by Crippen LogP contribution is 2.51. The fourth-order valence-corrected chi connectivity index (χ4v) is 6.64. The molecule has 2 aliphatic rings. The summed E-state index contributed by atoms with van der Waals surface area (Å²) < 4.78 is 19.2. The number of anilines is 1. The molecule has 0 spiro atoms. The van der Waals surface area contributed by atoms with Crippen LogP contribution in [0.15, 0.2) is 84.0 Å². The highest BCUT2D eigenvalue weighted by Gasteiger charge is 2.47. The Kier molecular flexibility index (Phi) is 7.47. The number of nitrogens with one attached hydrogen (secondary N) is 1. The van der Waals surface area contributed by atoms with Crippen LogP contribution in [0.25, 0.3) is 0 Å². The topological polar surface area (TPSA) is 50.2 Å². The van der Waals surface area contributed by atoms with Gasteiger partial charge in [-0.3, -0.25) is 9.52 Å². The van der Waals surface area contributed by atoms with Crippen molar-refractivity contribution in [2.45, 2.75) is 49.1 Å². The van der Waals surface area contributed by atoms with Gasteiger partial charge in [0, 0.05) is 47.0 Å². The van der Waals surface area contributed by atoms with E-state index in [0.717, 1.165) is 47.7 Å². The van der Waals surface area contributed by atoms with Crippen LogP contribution in [0, 0.1) is 11.7 Å². The molecule has 1 saturated carbocycles. The molecule has 8 heteroatoms. The van der Waals surface area contributed by atoms with Gasteiger partial charge in [-0.05, 0) is 96.6 Å². The van der Waals surface area contributed by atoms with Crippen LogP contribution in [0.5, 0.6) is 0 Å². The van der Waals surface area contributed by atoms with E-state index in [1.807, 2.05) is 53.0 Å². The highest BCUT2D eigenvalue weighted by molar-refractivity contribution is 7.97. The molecule has 0 aliphatic heterocycles. The molecule has 0 saturated heterocycles. The second-order valence-electron chi connectivity index (χ2n) is 10.4. The molecule has 39 heavy (non-hydrogen) atoms. The predicted molar refractivity (Wildman–Crippen MR) is 154 cm³/mol. The van der Waals surface area contributed by atoms with Crippen LogP contribution in [0.2, 0.25) is 5.02 Å². The van der Waals surface area contributed by atoms with Crippen LogP contribution in [-0.4, -0.2) is 15.5 Å². The number of nitrogens with zero attached hydrogens (tertiary/aromatic N) is 3. The van der Waals surface area contributed by atoms with Crippen molar-refractivity contribution in [2.24, 2.45) is 13.0 Å². The number of carbonyl (C=O) groups is 1. The first-order valence-electron chi connectivity index (χ1n) is 13.3. The summed E-state index contributed by atoms with van der Waals surface area (Å²) in [4.78, 5) is 21.3. The molecule has 1 heterocycles. The molecule has 0 bridgehead atoms. The highest BCUT2D eigenvalue weighted by atomic mass is 35.5. The summed E-state index contributed by atoms with van der Waals surface area (Å²) >= 11 is 7.92. The summed E-state index contributed by atoms with van der Waals surface area (Å²) in [7, 11) is 1.95. The van der Waals surface area contributed by atoms with Crippen molar-refractivity contribution in [1.82, 2.24) is 14.3 Å². The van der Waals surface area contributed by atoms with Crippen molar-refractivity contribution in [3.63, 3.8) is 0 Å². The SMILES string of the molecule is Cn1ccnc1CN(C(=O)C1CC1c1ccccc1Cl)c1ccc2c(c1)C(NSc1cccc(F)c1)CCC2. The zero-order chi connectivity index (χ0) is 26.9. The first kappa shape index (κ1) is 26.1. The lowest BCUT2D eigenvalue weighted by atomic mass is 9.87. The van der Waals surface area contributed by atoms with Gasteiger partial charge in [0.1, 0.15) is 11.6 Å². The van der Waals surface area contributed by atoms with Crippen LogP contribution in [-0.2, 0) is 24.8 Å². The molecular formula is C31H30ClFN4OS. The fraction of sp³-hybridized carbons (Fsp3) is 0.290. The van der Waals surface area contributed by atoms with E-state index < -0.39 is 0 Å². The maximum Gasteiger partial charge on any atom is 0.231 e. The molecule has 1 aromatic heterocycles. The Balaban J connectivity index is 1.28. The lowest BCUT2D eigenvalue weighted by Crippen LogP contribution is -2.33. The first-order valence-corrected chi connectivity index (χ1v) is 14.5. The lowest BCUT2D eigenvalue weighted by Gasteiger charge is -2.29. The molecular weight excluding hydrogens is 531 g/mol. The number of halogens is 2.